The number of carbonyl (C=O) groups excluding carboxylic acids is 3. The van der Waals surface area contributed by atoms with E-state index in [0.717, 1.165) is 17.6 Å². The maximum Gasteiger partial charge on any atom is 0.343 e. The highest BCUT2D eigenvalue weighted by Gasteiger charge is 2.59. The number of hydrogen-bond donors (Lipinski definition) is 0. The molecule has 32 heavy (non-hydrogen) atoms. The summed E-state index contributed by atoms with van der Waals surface area (Å²) < 4.78 is 5.34. The molecule has 9 heteroatoms. The summed E-state index contributed by atoms with van der Waals surface area (Å²) in [6.45, 7) is 0. The van der Waals surface area contributed by atoms with Crippen LogP contribution in [0.3, 0.4) is 0 Å². The van der Waals surface area contributed by atoms with Gasteiger partial charge in [-0.15, -0.1) is 0 Å². The highest BCUT2D eigenvalue weighted by atomic mass is 16.6. The molecular weight excluding hydrogens is 414 g/mol. The summed E-state index contributed by atoms with van der Waals surface area (Å²) in [7, 11) is 0. The molecule has 5 rings (SSSR count). The molecule has 4 atom stereocenters. The third-order valence-electron chi connectivity index (χ3n) is 6.19. The molecule has 2 aromatic rings. The first-order valence-corrected chi connectivity index (χ1v) is 10.1. The highest BCUT2D eigenvalue weighted by molar-refractivity contribution is 6.07. The lowest BCUT2D eigenvalue weighted by Crippen LogP contribution is -2.28. The molecule has 0 aromatic heterocycles. The number of para-hydroxylation sites is 1. The second kappa shape index (κ2) is 7.52. The maximum absolute atomic E-state index is 12.8. The molecule has 0 spiro atoms. The minimum atomic E-state index is -0.778. The van der Waals surface area contributed by atoms with Gasteiger partial charge in [0, 0.05) is 11.6 Å². The van der Waals surface area contributed by atoms with Crippen LogP contribution in [0.5, 0.6) is 5.75 Å². The zero-order valence-electron chi connectivity index (χ0n) is 16.7. The number of nitro groups is 1. The molecule has 2 aliphatic carbocycles. The van der Waals surface area contributed by atoms with Gasteiger partial charge >= 0.3 is 11.7 Å². The normalized spacial score (nSPS) is 25.6. The molecule has 160 valence electrons. The van der Waals surface area contributed by atoms with E-state index >= 15 is 0 Å². The molecule has 1 saturated heterocycles. The first kappa shape index (κ1) is 19.8. The second-order valence-corrected chi connectivity index (χ2v) is 7.94. The van der Waals surface area contributed by atoms with Gasteiger partial charge < -0.3 is 4.74 Å². The van der Waals surface area contributed by atoms with Crippen molar-refractivity contribution in [3.8, 4) is 5.75 Å². The number of rotatable bonds is 5. The van der Waals surface area contributed by atoms with Gasteiger partial charge in [0.15, 0.2) is 0 Å². The molecule has 0 unspecified atom stereocenters. The zero-order chi connectivity index (χ0) is 22.4. The predicted molar refractivity (Wildman–Crippen MR) is 112 cm³/mol. The third-order valence-corrected chi connectivity index (χ3v) is 6.19. The first-order chi connectivity index (χ1) is 15.5. The zero-order valence-corrected chi connectivity index (χ0v) is 16.7. The topological polar surface area (TPSA) is 119 Å². The van der Waals surface area contributed by atoms with Crippen LogP contribution < -0.4 is 4.74 Å². The fourth-order valence-electron chi connectivity index (χ4n) is 4.75. The molecule has 2 aromatic carbocycles. The van der Waals surface area contributed by atoms with Crippen LogP contribution in [0.15, 0.2) is 65.8 Å². The van der Waals surface area contributed by atoms with Crippen LogP contribution in [0.25, 0.3) is 0 Å². The Labute approximate surface area is 182 Å². The molecule has 2 amide bonds. The van der Waals surface area contributed by atoms with Gasteiger partial charge in [0.2, 0.25) is 5.75 Å². The van der Waals surface area contributed by atoms with Crippen molar-refractivity contribution in [2.45, 2.75) is 6.42 Å². The number of hydrogen-bond acceptors (Lipinski definition) is 7. The number of nitro benzene ring substituents is 1. The van der Waals surface area contributed by atoms with Crippen molar-refractivity contribution < 1.29 is 24.0 Å². The average molecular weight is 431 g/mol. The fraction of sp³-hybridized carbons (Fsp3) is 0.217. The minimum absolute atomic E-state index is 0.0434. The van der Waals surface area contributed by atoms with Crippen molar-refractivity contribution in [3.63, 3.8) is 0 Å². The van der Waals surface area contributed by atoms with Gasteiger partial charge in [0.05, 0.1) is 28.5 Å². The van der Waals surface area contributed by atoms with Crippen LogP contribution in [0, 0.1) is 33.8 Å². The molecule has 1 heterocycles. The van der Waals surface area contributed by atoms with Crippen LogP contribution in [-0.4, -0.2) is 33.9 Å². The lowest BCUT2D eigenvalue weighted by atomic mass is 9.85. The number of fused-ring (bicyclic) bond motifs is 5. The number of benzene rings is 2. The van der Waals surface area contributed by atoms with Gasteiger partial charge in [-0.2, -0.15) is 10.1 Å². The van der Waals surface area contributed by atoms with Gasteiger partial charge in [0.1, 0.15) is 0 Å². The van der Waals surface area contributed by atoms with E-state index in [4.69, 9.17) is 4.74 Å². The van der Waals surface area contributed by atoms with Crippen molar-refractivity contribution in [1.29, 1.82) is 0 Å². The van der Waals surface area contributed by atoms with E-state index in [-0.39, 0.29) is 40.5 Å². The Morgan fingerprint density at radius 1 is 1.03 bits per heavy atom. The minimum Gasteiger partial charge on any atom is -0.415 e. The number of amides is 2. The molecular formula is C23H17N3O6. The van der Waals surface area contributed by atoms with Crippen molar-refractivity contribution >= 4 is 29.7 Å². The van der Waals surface area contributed by atoms with Crippen LogP contribution in [-0.2, 0) is 9.59 Å². The monoisotopic (exact) mass is 431 g/mol. The second-order valence-electron chi connectivity index (χ2n) is 7.94. The smallest absolute Gasteiger partial charge is 0.343 e. The van der Waals surface area contributed by atoms with Gasteiger partial charge in [-0.3, -0.25) is 19.7 Å². The van der Waals surface area contributed by atoms with E-state index in [2.05, 4.69) is 5.10 Å². The molecule has 1 aliphatic heterocycles. The average Bonchev–Trinajstić information content (AvgIpc) is 3.48. The van der Waals surface area contributed by atoms with Crippen LogP contribution >= 0.6 is 0 Å². The maximum atomic E-state index is 12.8. The quantitative estimate of drug-likeness (QED) is 0.137. The van der Waals surface area contributed by atoms with Crippen LogP contribution in [0.4, 0.5) is 5.69 Å². The van der Waals surface area contributed by atoms with Gasteiger partial charge in [0.25, 0.3) is 11.8 Å². The Balaban J connectivity index is 1.45. The van der Waals surface area contributed by atoms with Crippen molar-refractivity contribution in [3.05, 3.63) is 81.9 Å². The van der Waals surface area contributed by atoms with Crippen molar-refractivity contribution in [2.24, 2.45) is 28.8 Å². The third kappa shape index (κ3) is 3.09. The van der Waals surface area contributed by atoms with Crippen LogP contribution in [0.2, 0.25) is 0 Å². The fourth-order valence-corrected chi connectivity index (χ4v) is 4.75. The molecule has 0 radical (unpaired) electrons. The number of allylic oxidation sites excluding steroid dienone is 2. The van der Waals surface area contributed by atoms with Crippen LogP contribution in [0.1, 0.15) is 22.3 Å². The number of esters is 1. The number of carbonyl (C=O) groups is 3. The van der Waals surface area contributed by atoms with E-state index in [1.807, 2.05) is 12.2 Å². The number of nitrogens with zero attached hydrogens (tertiary/aromatic N) is 3. The van der Waals surface area contributed by atoms with Crippen molar-refractivity contribution in [1.82, 2.24) is 5.01 Å². The number of hydrazone groups is 1. The SMILES string of the molecule is O=C(Oc1c(C=NN2C(=O)[C@@H]3[C@H](C2=O)[C@H]2C=C[C@H]3C2)cccc1[N+](=O)[O-])c1ccccc1. The van der Waals surface area contributed by atoms with E-state index in [9.17, 15) is 24.5 Å². The summed E-state index contributed by atoms with van der Waals surface area (Å²) in [6.07, 6.45) is 5.90. The summed E-state index contributed by atoms with van der Waals surface area (Å²) in [4.78, 5) is 48.9. The highest BCUT2D eigenvalue weighted by Crippen LogP contribution is 2.52. The molecule has 2 fully saturated rings. The van der Waals surface area contributed by atoms with E-state index in [0.29, 0.717) is 0 Å². The van der Waals surface area contributed by atoms with E-state index < -0.39 is 28.4 Å². The largest absolute Gasteiger partial charge is 0.415 e. The summed E-state index contributed by atoms with van der Waals surface area (Å²) in [5.74, 6) is -2.56. The van der Waals surface area contributed by atoms with Gasteiger partial charge in [-0.05, 0) is 36.5 Å². The lowest BCUT2D eigenvalue weighted by molar-refractivity contribution is -0.385. The van der Waals surface area contributed by atoms with Gasteiger partial charge in [-0.25, -0.2) is 4.79 Å². The Hall–Kier alpha value is -4.14. The van der Waals surface area contributed by atoms with Gasteiger partial charge in [-0.1, -0.05) is 36.4 Å². The summed E-state index contributed by atoms with van der Waals surface area (Å²) >= 11 is 0. The summed E-state index contributed by atoms with van der Waals surface area (Å²) in [5, 5.41) is 16.4. The molecule has 0 N–H and O–H groups in total. The number of imide groups is 1. The number of ether oxygens (including phenoxy) is 1. The van der Waals surface area contributed by atoms with Crippen molar-refractivity contribution in [2.75, 3.05) is 0 Å². The Bertz CT molecular complexity index is 1180. The molecule has 2 bridgehead atoms. The summed E-state index contributed by atoms with van der Waals surface area (Å²) in [6, 6.07) is 12.1. The first-order valence-electron chi connectivity index (χ1n) is 10.1. The molecule has 3 aliphatic rings. The Morgan fingerprint density at radius 2 is 1.69 bits per heavy atom. The lowest BCUT2D eigenvalue weighted by Gasteiger charge is -2.13. The predicted octanol–water partition coefficient (Wildman–Crippen LogP) is 2.96. The molecule has 9 nitrogen and oxygen atoms in total. The molecule has 1 saturated carbocycles. The van der Waals surface area contributed by atoms with E-state index in [1.54, 1.807) is 18.2 Å². The summed E-state index contributed by atoms with van der Waals surface area (Å²) in [5.41, 5.74) is -0.118. The Kier molecular flexibility index (Phi) is 4.66. The van der Waals surface area contributed by atoms with E-state index in [1.165, 1.54) is 30.3 Å². The standard InChI is InChI=1S/C23H17N3O6/c27-21-18-14-9-10-15(11-14)19(18)22(28)25(21)24-12-16-7-4-8-17(26(30)31)20(16)32-23(29)13-5-2-1-3-6-13/h1-10,12,14-15,18-19H,11H2/t14-,15-,18-,19+/m0/s1. The Morgan fingerprint density at radius 3 is 2.31 bits per heavy atom.